The number of rotatable bonds is 15. The Bertz CT molecular complexity index is 739. The van der Waals surface area contributed by atoms with E-state index in [1.807, 2.05) is 0 Å². The van der Waals surface area contributed by atoms with Crippen molar-refractivity contribution >= 4 is 35.6 Å². The second-order valence-corrected chi connectivity index (χ2v) is 7.41. The number of aliphatic hydroxyl groups excluding tert-OH is 1. The van der Waals surface area contributed by atoms with Crippen LogP contribution in [0.5, 0.6) is 0 Å². The molecule has 15 heteroatoms. The van der Waals surface area contributed by atoms with Crippen LogP contribution in [0.15, 0.2) is 4.99 Å². The van der Waals surface area contributed by atoms with E-state index in [-0.39, 0.29) is 38.2 Å². The molecule has 15 nitrogen and oxygen atoms in total. The zero-order chi connectivity index (χ0) is 25.7. The lowest BCUT2D eigenvalue weighted by Gasteiger charge is -2.25. The molecule has 0 heterocycles. The van der Waals surface area contributed by atoms with E-state index in [2.05, 4.69) is 20.9 Å². The molecule has 13 N–H and O–H groups in total. The first-order chi connectivity index (χ1) is 15.3. The highest BCUT2D eigenvalue weighted by Gasteiger charge is 2.30. The Morgan fingerprint density at radius 1 is 0.879 bits per heavy atom. The maximum atomic E-state index is 12.8. The number of primary amides is 1. The van der Waals surface area contributed by atoms with Gasteiger partial charge in [-0.2, -0.15) is 0 Å². The summed E-state index contributed by atoms with van der Waals surface area (Å²) in [7, 11) is 0. The maximum Gasteiger partial charge on any atom is 0.325 e. The number of hydrogen-bond acceptors (Lipinski definition) is 8. The van der Waals surface area contributed by atoms with E-state index in [1.165, 1.54) is 13.8 Å². The SMILES string of the molecule is CC(NC(=O)C(CCCN=C(N)N)NC(=O)C(CCC(N)=O)NC(=O)C(N)C(C)O)C(=O)O. The van der Waals surface area contributed by atoms with Gasteiger partial charge < -0.3 is 49.1 Å². The minimum absolute atomic E-state index is 0.0321. The smallest absolute Gasteiger partial charge is 0.325 e. The fourth-order valence-corrected chi connectivity index (χ4v) is 2.46. The van der Waals surface area contributed by atoms with Crippen molar-refractivity contribution in [3.05, 3.63) is 0 Å². The van der Waals surface area contributed by atoms with Gasteiger partial charge in [-0.05, 0) is 33.1 Å². The maximum absolute atomic E-state index is 12.8. The molecule has 188 valence electrons. The number of aliphatic imine (C=N–C) groups is 1. The third kappa shape index (κ3) is 12.2. The summed E-state index contributed by atoms with van der Waals surface area (Å²) in [5, 5.41) is 25.5. The van der Waals surface area contributed by atoms with Gasteiger partial charge >= 0.3 is 5.97 Å². The standard InChI is InChI=1S/C18H34N8O7/c1-8(17(32)33)24-14(29)10(4-3-7-23-18(21)22)25-15(30)11(5-6-12(19)28)26-16(31)13(20)9(2)27/h8-11,13,27H,3-7,20H2,1-2H3,(H2,19,28)(H,24,29)(H,25,30)(H,26,31)(H,32,33)(H4,21,22,23). The minimum atomic E-state index is -1.34. The Balaban J connectivity index is 5.50. The molecule has 0 aliphatic heterocycles. The van der Waals surface area contributed by atoms with Gasteiger partial charge in [0.05, 0.1) is 6.10 Å². The van der Waals surface area contributed by atoms with Gasteiger partial charge in [0.25, 0.3) is 0 Å². The van der Waals surface area contributed by atoms with Crippen LogP contribution in [0.4, 0.5) is 0 Å². The number of aliphatic hydroxyl groups is 1. The predicted molar refractivity (Wildman–Crippen MR) is 117 cm³/mol. The fourth-order valence-electron chi connectivity index (χ4n) is 2.46. The highest BCUT2D eigenvalue weighted by molar-refractivity contribution is 5.94. The number of nitrogens with one attached hydrogen (secondary N) is 3. The number of aliphatic carboxylic acids is 1. The summed E-state index contributed by atoms with van der Waals surface area (Å²) < 4.78 is 0. The van der Waals surface area contributed by atoms with Crippen LogP contribution < -0.4 is 38.9 Å². The Labute approximate surface area is 190 Å². The molecule has 0 aliphatic rings. The molecule has 0 spiro atoms. The zero-order valence-electron chi connectivity index (χ0n) is 18.6. The first kappa shape index (κ1) is 29.5. The van der Waals surface area contributed by atoms with Gasteiger partial charge in [0.15, 0.2) is 5.96 Å². The van der Waals surface area contributed by atoms with Crippen LogP contribution in [0.25, 0.3) is 0 Å². The van der Waals surface area contributed by atoms with Gasteiger partial charge in [0.1, 0.15) is 24.2 Å². The van der Waals surface area contributed by atoms with Crippen LogP contribution in [0, 0.1) is 0 Å². The molecular formula is C18H34N8O7. The van der Waals surface area contributed by atoms with Crippen LogP contribution in [0.2, 0.25) is 0 Å². The van der Waals surface area contributed by atoms with Crippen molar-refractivity contribution in [2.75, 3.05) is 6.54 Å². The number of nitrogens with zero attached hydrogens (tertiary/aromatic N) is 1. The summed E-state index contributed by atoms with van der Waals surface area (Å²) in [6.45, 7) is 2.66. The van der Waals surface area contributed by atoms with E-state index < -0.39 is 59.9 Å². The summed E-state index contributed by atoms with van der Waals surface area (Å²) in [4.78, 5) is 63.5. The van der Waals surface area contributed by atoms with E-state index in [0.717, 1.165) is 0 Å². The second kappa shape index (κ2) is 14.6. The zero-order valence-corrected chi connectivity index (χ0v) is 18.6. The largest absolute Gasteiger partial charge is 0.480 e. The molecule has 33 heavy (non-hydrogen) atoms. The van der Waals surface area contributed by atoms with E-state index in [9.17, 15) is 29.1 Å². The highest BCUT2D eigenvalue weighted by Crippen LogP contribution is 2.04. The van der Waals surface area contributed by atoms with Crippen molar-refractivity contribution < 1.29 is 34.2 Å². The molecule has 0 aromatic rings. The number of carboxylic acid groups (broad SMARTS) is 1. The summed E-state index contributed by atoms with van der Waals surface area (Å²) >= 11 is 0. The van der Waals surface area contributed by atoms with Gasteiger partial charge in [-0.1, -0.05) is 0 Å². The molecule has 0 radical (unpaired) electrons. The Morgan fingerprint density at radius 3 is 1.88 bits per heavy atom. The van der Waals surface area contributed by atoms with Gasteiger partial charge in [-0.3, -0.25) is 29.0 Å². The number of carbonyl (C=O) groups is 5. The molecule has 0 saturated carbocycles. The molecule has 5 unspecified atom stereocenters. The lowest BCUT2D eigenvalue weighted by Crippen LogP contribution is -2.58. The number of nitrogens with two attached hydrogens (primary N) is 4. The number of carboxylic acids is 1. The third-order valence-electron chi connectivity index (χ3n) is 4.44. The van der Waals surface area contributed by atoms with Crippen molar-refractivity contribution in [2.45, 2.75) is 69.8 Å². The molecule has 0 saturated heterocycles. The summed E-state index contributed by atoms with van der Waals surface area (Å²) in [5.74, 6) is -4.67. The summed E-state index contributed by atoms with van der Waals surface area (Å²) in [6.07, 6.45) is -1.39. The van der Waals surface area contributed by atoms with Crippen LogP contribution in [-0.4, -0.2) is 82.6 Å². The number of amides is 4. The molecular weight excluding hydrogens is 440 g/mol. The Morgan fingerprint density at radius 2 is 1.39 bits per heavy atom. The van der Waals surface area contributed by atoms with Crippen molar-refractivity contribution in [1.29, 1.82) is 0 Å². The van der Waals surface area contributed by atoms with Crippen molar-refractivity contribution in [2.24, 2.45) is 27.9 Å². The molecule has 0 aliphatic carbocycles. The Kier molecular flexibility index (Phi) is 13.0. The molecule has 4 amide bonds. The third-order valence-corrected chi connectivity index (χ3v) is 4.44. The topological polar surface area (TPSA) is 278 Å². The van der Waals surface area contributed by atoms with Gasteiger partial charge in [0.2, 0.25) is 23.6 Å². The lowest BCUT2D eigenvalue weighted by molar-refractivity contribution is -0.141. The predicted octanol–water partition coefficient (Wildman–Crippen LogP) is -4.43. The average Bonchev–Trinajstić information content (AvgIpc) is 2.71. The van der Waals surface area contributed by atoms with Gasteiger partial charge in [-0.15, -0.1) is 0 Å². The Hall–Kier alpha value is -3.46. The fraction of sp³-hybridized carbons (Fsp3) is 0.667. The number of guanidine groups is 1. The van der Waals surface area contributed by atoms with Crippen LogP contribution in [0.1, 0.15) is 39.5 Å². The molecule has 0 bridgehead atoms. The lowest BCUT2D eigenvalue weighted by atomic mass is 10.1. The van der Waals surface area contributed by atoms with Gasteiger partial charge in [0, 0.05) is 13.0 Å². The van der Waals surface area contributed by atoms with Crippen molar-refractivity contribution in [3.63, 3.8) is 0 Å². The number of carbonyl (C=O) groups excluding carboxylic acids is 4. The summed E-state index contributed by atoms with van der Waals surface area (Å²) in [6, 6.07) is -5.08. The van der Waals surface area contributed by atoms with Crippen molar-refractivity contribution in [3.8, 4) is 0 Å². The highest BCUT2D eigenvalue weighted by atomic mass is 16.4. The van der Waals surface area contributed by atoms with E-state index >= 15 is 0 Å². The molecule has 0 aromatic heterocycles. The molecule has 5 atom stereocenters. The number of hydrogen-bond donors (Lipinski definition) is 9. The van der Waals surface area contributed by atoms with E-state index in [1.54, 1.807) is 0 Å². The molecule has 0 fully saturated rings. The quantitative estimate of drug-likeness (QED) is 0.0623. The normalized spacial score (nSPS) is 15.2. The monoisotopic (exact) mass is 474 g/mol. The first-order valence-electron chi connectivity index (χ1n) is 10.2. The molecule has 0 aromatic carbocycles. The minimum Gasteiger partial charge on any atom is -0.480 e. The van der Waals surface area contributed by atoms with E-state index in [4.69, 9.17) is 28.0 Å². The van der Waals surface area contributed by atoms with Gasteiger partial charge in [-0.25, -0.2) is 0 Å². The van der Waals surface area contributed by atoms with Crippen LogP contribution in [0.3, 0.4) is 0 Å². The van der Waals surface area contributed by atoms with Crippen LogP contribution >= 0.6 is 0 Å². The second-order valence-electron chi connectivity index (χ2n) is 7.41. The summed E-state index contributed by atoms with van der Waals surface area (Å²) in [5.41, 5.74) is 21.2. The van der Waals surface area contributed by atoms with Crippen molar-refractivity contribution in [1.82, 2.24) is 16.0 Å². The average molecular weight is 475 g/mol. The first-order valence-corrected chi connectivity index (χ1v) is 10.2. The van der Waals surface area contributed by atoms with Crippen LogP contribution in [-0.2, 0) is 24.0 Å². The molecule has 0 rings (SSSR count). The van der Waals surface area contributed by atoms with E-state index in [0.29, 0.717) is 0 Å².